The highest BCUT2D eigenvalue weighted by Gasteiger charge is 2.32. The Balaban J connectivity index is 1.20. The Hall–Kier alpha value is -5.56. The van der Waals surface area contributed by atoms with Crippen molar-refractivity contribution in [1.82, 2.24) is 16.1 Å². The van der Waals surface area contributed by atoms with Crippen molar-refractivity contribution in [2.24, 2.45) is 5.10 Å². The first-order valence-corrected chi connectivity index (χ1v) is 16.6. The molecule has 4 aromatic rings. The fourth-order valence-electron chi connectivity index (χ4n) is 5.31. The van der Waals surface area contributed by atoms with Gasteiger partial charge in [0, 0.05) is 5.70 Å². The molecule has 1 heterocycles. The Morgan fingerprint density at radius 3 is 2.48 bits per heavy atom. The van der Waals surface area contributed by atoms with Gasteiger partial charge >= 0.3 is 12.0 Å². The van der Waals surface area contributed by atoms with Crippen LogP contribution in [0.25, 0.3) is 10.8 Å². The van der Waals surface area contributed by atoms with E-state index < -0.39 is 23.9 Å². The molecular weight excluding hydrogens is 708 g/mol. The van der Waals surface area contributed by atoms with Crippen LogP contribution in [0.3, 0.4) is 0 Å². The molecule has 3 amide bonds. The Labute approximate surface area is 297 Å². The van der Waals surface area contributed by atoms with Gasteiger partial charge in [-0.3, -0.25) is 4.79 Å². The van der Waals surface area contributed by atoms with Crippen LogP contribution in [-0.4, -0.2) is 51.1 Å². The van der Waals surface area contributed by atoms with Crippen LogP contribution in [0.2, 0.25) is 0 Å². The van der Waals surface area contributed by atoms with Crippen LogP contribution in [0.4, 0.5) is 4.79 Å². The zero-order valence-corrected chi connectivity index (χ0v) is 29.6. The van der Waals surface area contributed by atoms with E-state index in [9.17, 15) is 14.4 Å². The summed E-state index contributed by atoms with van der Waals surface area (Å²) >= 11 is 3.58. The van der Waals surface area contributed by atoms with Crippen LogP contribution >= 0.6 is 15.9 Å². The molecule has 0 radical (unpaired) electrons. The first-order chi connectivity index (χ1) is 24.2. The first kappa shape index (κ1) is 35.7. The number of hydrogen-bond acceptors (Lipinski definition) is 9. The largest absolute Gasteiger partial charge is 0.493 e. The number of methoxy groups -OCH3 is 1. The molecule has 1 atom stereocenters. The molecule has 0 spiro atoms. The molecule has 3 N–H and O–H groups in total. The van der Waals surface area contributed by atoms with Crippen molar-refractivity contribution in [2.45, 2.75) is 33.4 Å². The number of fused-ring (bicyclic) bond motifs is 1. The predicted molar refractivity (Wildman–Crippen MR) is 192 cm³/mol. The van der Waals surface area contributed by atoms with Crippen LogP contribution in [0, 0.1) is 0 Å². The van der Waals surface area contributed by atoms with E-state index in [-0.39, 0.29) is 24.5 Å². The molecule has 0 saturated carbocycles. The molecule has 0 saturated heterocycles. The molecule has 0 unspecified atom stereocenters. The quantitative estimate of drug-likeness (QED) is 0.0774. The van der Waals surface area contributed by atoms with Crippen LogP contribution in [0.15, 0.2) is 93.6 Å². The van der Waals surface area contributed by atoms with E-state index in [1.54, 1.807) is 38.1 Å². The van der Waals surface area contributed by atoms with Gasteiger partial charge in [0.15, 0.2) is 29.6 Å². The average molecular weight is 746 g/mol. The highest BCUT2D eigenvalue weighted by molar-refractivity contribution is 9.10. The number of halogens is 1. The summed E-state index contributed by atoms with van der Waals surface area (Å²) in [6.45, 7) is 5.80. The molecule has 50 heavy (non-hydrogen) atoms. The molecule has 0 fully saturated rings. The number of amides is 3. The fraction of sp³-hybridized carbons (Fsp3) is 0.243. The Kier molecular flexibility index (Phi) is 11.9. The molecule has 5 rings (SSSR count). The number of ether oxygens (including phenoxy) is 5. The number of rotatable bonds is 14. The number of carbonyl (C=O) groups is 3. The molecule has 0 bridgehead atoms. The van der Waals surface area contributed by atoms with Crippen molar-refractivity contribution in [3.05, 3.63) is 105 Å². The fourth-order valence-corrected chi connectivity index (χ4v) is 5.88. The Morgan fingerprint density at radius 1 is 0.920 bits per heavy atom. The lowest BCUT2D eigenvalue weighted by Gasteiger charge is -2.28. The van der Waals surface area contributed by atoms with Crippen molar-refractivity contribution in [1.29, 1.82) is 0 Å². The summed E-state index contributed by atoms with van der Waals surface area (Å²) < 4.78 is 29.1. The van der Waals surface area contributed by atoms with E-state index in [2.05, 4.69) is 61.4 Å². The minimum Gasteiger partial charge on any atom is -0.493 e. The second-order valence-corrected chi connectivity index (χ2v) is 11.9. The highest BCUT2D eigenvalue weighted by atomic mass is 79.9. The maximum absolute atomic E-state index is 12.7. The lowest BCUT2D eigenvalue weighted by Crippen LogP contribution is -2.45. The van der Waals surface area contributed by atoms with Crippen LogP contribution in [0.5, 0.6) is 23.0 Å². The second kappa shape index (κ2) is 16.7. The summed E-state index contributed by atoms with van der Waals surface area (Å²) in [4.78, 5) is 37.5. The number of nitrogens with one attached hydrogen (secondary N) is 3. The van der Waals surface area contributed by atoms with Gasteiger partial charge in [0.2, 0.25) is 0 Å². The highest BCUT2D eigenvalue weighted by Crippen LogP contribution is 2.38. The van der Waals surface area contributed by atoms with Crippen LogP contribution in [-0.2, 0) is 20.9 Å². The molecular formula is C37H37BrN4O8. The average Bonchev–Trinajstić information content (AvgIpc) is 3.10. The van der Waals surface area contributed by atoms with Crippen LogP contribution in [0.1, 0.15) is 43.5 Å². The summed E-state index contributed by atoms with van der Waals surface area (Å²) in [6.07, 6.45) is 1.48. The minimum atomic E-state index is -0.781. The number of allylic oxidation sites excluding steroid dienone is 1. The number of hydrazone groups is 1. The summed E-state index contributed by atoms with van der Waals surface area (Å²) in [5.74, 6) is 0.586. The normalized spacial score (nSPS) is 14.2. The third kappa shape index (κ3) is 8.72. The number of hydrogen-bond donors (Lipinski definition) is 3. The number of urea groups is 1. The summed E-state index contributed by atoms with van der Waals surface area (Å²) in [7, 11) is 1.44. The molecule has 0 aliphatic carbocycles. The zero-order chi connectivity index (χ0) is 35.6. The Bertz CT molecular complexity index is 1960. The molecule has 4 aromatic carbocycles. The van der Waals surface area contributed by atoms with E-state index in [4.69, 9.17) is 23.7 Å². The topological polar surface area (TPSA) is 146 Å². The first-order valence-electron chi connectivity index (χ1n) is 15.9. The number of benzene rings is 4. The summed E-state index contributed by atoms with van der Waals surface area (Å²) in [5.41, 5.74) is 5.35. The van der Waals surface area contributed by atoms with Crippen LogP contribution < -0.4 is 35.0 Å². The van der Waals surface area contributed by atoms with Gasteiger partial charge in [0.1, 0.15) is 6.61 Å². The molecule has 0 aromatic heterocycles. The van der Waals surface area contributed by atoms with E-state index in [0.29, 0.717) is 51.8 Å². The second-order valence-electron chi connectivity index (χ2n) is 11.0. The van der Waals surface area contributed by atoms with Gasteiger partial charge < -0.3 is 34.3 Å². The summed E-state index contributed by atoms with van der Waals surface area (Å²) in [5, 5.41) is 11.7. The Morgan fingerprint density at radius 2 is 1.72 bits per heavy atom. The monoisotopic (exact) mass is 744 g/mol. The maximum Gasteiger partial charge on any atom is 0.338 e. The van der Waals surface area contributed by atoms with Gasteiger partial charge in [-0.25, -0.2) is 15.0 Å². The maximum atomic E-state index is 12.7. The van der Waals surface area contributed by atoms with Gasteiger partial charge in [0.05, 0.1) is 42.6 Å². The molecule has 13 heteroatoms. The van der Waals surface area contributed by atoms with Gasteiger partial charge in [0.25, 0.3) is 5.91 Å². The smallest absolute Gasteiger partial charge is 0.338 e. The van der Waals surface area contributed by atoms with E-state index in [0.717, 1.165) is 16.3 Å². The van der Waals surface area contributed by atoms with Crippen molar-refractivity contribution in [3.63, 3.8) is 0 Å². The van der Waals surface area contributed by atoms with Gasteiger partial charge in [-0.1, -0.05) is 42.5 Å². The molecule has 1 aliphatic heterocycles. The molecule has 12 nitrogen and oxygen atoms in total. The molecule has 1 aliphatic rings. The number of esters is 1. The lowest BCUT2D eigenvalue weighted by molar-refractivity contribution is -0.139. The van der Waals surface area contributed by atoms with Crippen molar-refractivity contribution >= 4 is 50.8 Å². The minimum absolute atomic E-state index is 0.179. The predicted octanol–water partition coefficient (Wildman–Crippen LogP) is 6.31. The number of nitrogens with zero attached hydrogens (tertiary/aromatic N) is 1. The standard InChI is InChI=1S/C37H37BrN4O8/c1-5-47-31-17-24(16-28(38)35(31)50-20-23-11-12-25-9-7-8-10-26(25)15-23)19-39-42-32(43)21-49-29-14-13-27(18-30(29)46-4)34-33(36(44)48-6-2)22(3)40-37(45)41-34/h7-19,34H,5-6,20-21H2,1-4H3,(H,42,43)(H2,40,41,45)/b39-19-/t34-/m0/s1. The lowest BCUT2D eigenvalue weighted by atomic mass is 9.95. The summed E-state index contributed by atoms with van der Waals surface area (Å²) in [6, 6.07) is 21.6. The van der Waals surface area contributed by atoms with Crippen molar-refractivity contribution in [3.8, 4) is 23.0 Å². The van der Waals surface area contributed by atoms with E-state index in [1.165, 1.54) is 13.3 Å². The third-order valence-electron chi connectivity index (χ3n) is 7.58. The SMILES string of the molecule is CCOC(=O)C1=C(C)NC(=O)N[C@H]1c1ccc(OCC(=O)N/N=C\c2cc(Br)c(OCc3ccc4ccccc4c3)c(OCC)c2)c(OC)c1. The van der Waals surface area contributed by atoms with Gasteiger partial charge in [-0.15, -0.1) is 0 Å². The zero-order valence-electron chi connectivity index (χ0n) is 28.0. The van der Waals surface area contributed by atoms with Crippen molar-refractivity contribution < 1.29 is 38.1 Å². The van der Waals surface area contributed by atoms with E-state index in [1.807, 2.05) is 31.2 Å². The van der Waals surface area contributed by atoms with E-state index >= 15 is 0 Å². The van der Waals surface area contributed by atoms with Crippen molar-refractivity contribution in [2.75, 3.05) is 26.9 Å². The van der Waals surface area contributed by atoms with Gasteiger partial charge in [-0.05, 0) is 94.5 Å². The third-order valence-corrected chi connectivity index (χ3v) is 8.16. The number of carbonyl (C=O) groups excluding carboxylic acids is 3. The van der Waals surface area contributed by atoms with Gasteiger partial charge in [-0.2, -0.15) is 5.10 Å². The molecule has 260 valence electrons.